The van der Waals surface area contributed by atoms with Gasteiger partial charge in [0.2, 0.25) is 5.91 Å². The lowest BCUT2D eigenvalue weighted by Gasteiger charge is -2.26. The van der Waals surface area contributed by atoms with Crippen LogP contribution in [-0.2, 0) is 18.4 Å². The summed E-state index contributed by atoms with van der Waals surface area (Å²) in [7, 11) is 1.59. The molecule has 0 spiro atoms. The maximum absolute atomic E-state index is 12.8. The number of aliphatic hydroxyl groups excluding tert-OH is 1. The zero-order chi connectivity index (χ0) is 39.3. The van der Waals surface area contributed by atoms with E-state index in [-0.39, 0.29) is 19.1 Å². The number of hydrogen-bond acceptors (Lipinski definition) is 5. The third kappa shape index (κ3) is 38.3. The van der Waals surface area contributed by atoms with Crippen molar-refractivity contribution in [3.05, 3.63) is 60.8 Å². The summed E-state index contributed by atoms with van der Waals surface area (Å²) in [5, 5.41) is 13.9. The Morgan fingerprint density at radius 3 is 1.66 bits per heavy atom. The summed E-state index contributed by atoms with van der Waals surface area (Å²) in [6.45, 7) is 4.72. The Bertz CT molecular complexity index is 1050. The fourth-order valence-electron chi connectivity index (χ4n) is 5.66. The molecule has 308 valence electrons. The highest BCUT2D eigenvalue weighted by atomic mass is 31.2. The summed E-state index contributed by atoms with van der Waals surface area (Å²) in [4.78, 5) is 23.1. The SMILES string of the molecule is CC/C=C\C/C=C\C/C=C\C/C=C\C/C=C\CCCCCCCC(=O)NC(COP(=O)(O)OCC[N+](C)(C)C)C(O)CCCCCCCCCCCC. The van der Waals surface area contributed by atoms with Gasteiger partial charge in [0.15, 0.2) is 0 Å². The number of amides is 1. The Morgan fingerprint density at radius 2 is 1.13 bits per heavy atom. The van der Waals surface area contributed by atoms with Gasteiger partial charge in [-0.05, 0) is 57.8 Å². The van der Waals surface area contributed by atoms with Crippen molar-refractivity contribution in [2.75, 3.05) is 40.9 Å². The highest BCUT2D eigenvalue weighted by Crippen LogP contribution is 2.43. The molecular formula is C44H82N2O6P+. The standard InChI is InChI=1S/C44H81N2O6P/c1-6-8-10-12-14-16-18-19-20-21-22-23-24-25-26-27-28-30-32-34-36-38-44(48)45-42(41-52-53(49,50)51-40-39-46(3,4)5)43(47)37-35-33-31-29-17-15-13-11-9-7-2/h8,10,14,16,19-20,22-23,25-26,42-43,47H,6-7,9,11-13,15,17-18,21,24,27-41H2,1-5H3,(H-,45,48,49,50)/p+1/b10-8-,16-14-,20-19-,23-22-,26-25-. The molecule has 0 aliphatic carbocycles. The minimum Gasteiger partial charge on any atom is -0.391 e. The molecule has 0 aromatic heterocycles. The zero-order valence-corrected chi connectivity index (χ0v) is 35.6. The van der Waals surface area contributed by atoms with Crippen molar-refractivity contribution in [3.8, 4) is 0 Å². The number of rotatable bonds is 37. The monoisotopic (exact) mass is 766 g/mol. The summed E-state index contributed by atoms with van der Waals surface area (Å²) in [6.07, 6.45) is 45.3. The third-order valence-electron chi connectivity index (χ3n) is 9.03. The topological polar surface area (TPSA) is 105 Å². The van der Waals surface area contributed by atoms with E-state index in [1.165, 1.54) is 44.9 Å². The predicted octanol–water partition coefficient (Wildman–Crippen LogP) is 11.5. The van der Waals surface area contributed by atoms with E-state index in [0.29, 0.717) is 23.9 Å². The molecule has 0 rings (SSSR count). The number of quaternary nitrogens is 1. The van der Waals surface area contributed by atoms with Crippen molar-refractivity contribution < 1.29 is 32.9 Å². The largest absolute Gasteiger partial charge is 0.472 e. The van der Waals surface area contributed by atoms with Gasteiger partial charge < -0.3 is 19.8 Å². The van der Waals surface area contributed by atoms with Gasteiger partial charge in [-0.1, -0.05) is 158 Å². The van der Waals surface area contributed by atoms with Crippen molar-refractivity contribution in [1.29, 1.82) is 0 Å². The predicted molar refractivity (Wildman–Crippen MR) is 226 cm³/mol. The Balaban J connectivity index is 4.38. The van der Waals surface area contributed by atoms with Crippen LogP contribution in [0.1, 0.15) is 162 Å². The molecule has 0 saturated carbocycles. The van der Waals surface area contributed by atoms with Crippen LogP contribution in [0.5, 0.6) is 0 Å². The van der Waals surface area contributed by atoms with E-state index in [1.54, 1.807) is 0 Å². The number of phosphoric acid groups is 1. The second kappa shape index (κ2) is 35.9. The Labute approximate surface area is 326 Å². The molecule has 0 aliphatic heterocycles. The number of likely N-dealkylation sites (N-methyl/N-ethyl adjacent to an activating group) is 1. The van der Waals surface area contributed by atoms with Crippen LogP contribution in [0.25, 0.3) is 0 Å². The molecule has 0 aromatic carbocycles. The number of nitrogens with zero attached hydrogens (tertiary/aromatic N) is 1. The third-order valence-corrected chi connectivity index (χ3v) is 10.0. The van der Waals surface area contributed by atoms with Crippen LogP contribution in [0.2, 0.25) is 0 Å². The summed E-state index contributed by atoms with van der Waals surface area (Å²) < 4.78 is 23.5. The first-order valence-corrected chi connectivity index (χ1v) is 22.6. The molecule has 0 aromatic rings. The lowest BCUT2D eigenvalue weighted by atomic mass is 10.0. The van der Waals surface area contributed by atoms with Gasteiger partial charge in [-0.15, -0.1) is 0 Å². The maximum Gasteiger partial charge on any atom is 0.472 e. The normalized spacial score (nSPS) is 15.1. The van der Waals surface area contributed by atoms with Crippen LogP contribution in [0.3, 0.4) is 0 Å². The fourth-order valence-corrected chi connectivity index (χ4v) is 6.39. The molecule has 0 saturated heterocycles. The summed E-state index contributed by atoms with van der Waals surface area (Å²) in [5.74, 6) is -0.168. The van der Waals surface area contributed by atoms with Crippen molar-refractivity contribution in [2.24, 2.45) is 0 Å². The van der Waals surface area contributed by atoms with Gasteiger partial charge in [0, 0.05) is 6.42 Å². The summed E-state index contributed by atoms with van der Waals surface area (Å²) in [5.41, 5.74) is 0. The smallest absolute Gasteiger partial charge is 0.391 e. The van der Waals surface area contributed by atoms with Gasteiger partial charge in [0.05, 0.1) is 39.9 Å². The molecule has 3 atom stereocenters. The Kier molecular flexibility index (Phi) is 34.7. The lowest BCUT2D eigenvalue weighted by molar-refractivity contribution is -0.870. The van der Waals surface area contributed by atoms with E-state index in [9.17, 15) is 19.4 Å². The molecule has 0 radical (unpaired) electrons. The van der Waals surface area contributed by atoms with Gasteiger partial charge in [0.1, 0.15) is 13.2 Å². The van der Waals surface area contributed by atoms with Gasteiger partial charge in [0.25, 0.3) is 0 Å². The van der Waals surface area contributed by atoms with Crippen LogP contribution in [0, 0.1) is 0 Å². The molecule has 53 heavy (non-hydrogen) atoms. The van der Waals surface area contributed by atoms with Crippen LogP contribution in [0.15, 0.2) is 60.8 Å². The number of unbranched alkanes of at least 4 members (excludes halogenated alkanes) is 14. The maximum atomic E-state index is 12.8. The van der Waals surface area contributed by atoms with Crippen LogP contribution in [0.4, 0.5) is 0 Å². The van der Waals surface area contributed by atoms with Crippen LogP contribution < -0.4 is 5.32 Å². The van der Waals surface area contributed by atoms with Crippen LogP contribution >= 0.6 is 7.82 Å². The molecule has 9 heteroatoms. The molecule has 0 fully saturated rings. The van der Waals surface area contributed by atoms with Gasteiger partial charge in [-0.3, -0.25) is 13.8 Å². The number of carbonyl (C=O) groups excluding carboxylic acids is 1. The lowest BCUT2D eigenvalue weighted by Crippen LogP contribution is -2.46. The average Bonchev–Trinajstić information content (AvgIpc) is 3.10. The number of hydrogen-bond donors (Lipinski definition) is 3. The van der Waals surface area contributed by atoms with E-state index in [4.69, 9.17) is 9.05 Å². The van der Waals surface area contributed by atoms with E-state index in [2.05, 4.69) is 79.9 Å². The Morgan fingerprint density at radius 1 is 0.660 bits per heavy atom. The molecule has 0 aliphatic rings. The van der Waals surface area contributed by atoms with Gasteiger partial charge >= 0.3 is 7.82 Å². The first kappa shape index (κ1) is 51.2. The molecule has 1 amide bonds. The quantitative estimate of drug-likeness (QED) is 0.0252. The van der Waals surface area contributed by atoms with E-state index in [1.807, 2.05) is 21.1 Å². The fraction of sp³-hybridized carbons (Fsp3) is 0.750. The van der Waals surface area contributed by atoms with E-state index < -0.39 is 20.0 Å². The van der Waals surface area contributed by atoms with Gasteiger partial charge in [-0.2, -0.15) is 0 Å². The second-order valence-electron chi connectivity index (χ2n) is 15.3. The Hall–Kier alpha value is -1.80. The number of aliphatic hydroxyl groups is 1. The van der Waals surface area contributed by atoms with Gasteiger partial charge in [-0.25, -0.2) is 4.57 Å². The average molecular weight is 766 g/mol. The number of nitrogens with one attached hydrogen (secondary N) is 1. The second-order valence-corrected chi connectivity index (χ2v) is 16.8. The van der Waals surface area contributed by atoms with Crippen molar-refractivity contribution in [1.82, 2.24) is 5.32 Å². The van der Waals surface area contributed by atoms with Crippen molar-refractivity contribution in [2.45, 2.75) is 174 Å². The highest BCUT2D eigenvalue weighted by molar-refractivity contribution is 7.47. The minimum absolute atomic E-state index is 0.0672. The molecule has 3 N–H and O–H groups in total. The molecule has 3 unspecified atom stereocenters. The molecule has 8 nitrogen and oxygen atoms in total. The number of carbonyl (C=O) groups is 1. The number of allylic oxidation sites excluding steroid dienone is 10. The van der Waals surface area contributed by atoms with E-state index in [0.717, 1.165) is 89.9 Å². The molecular weight excluding hydrogens is 683 g/mol. The van der Waals surface area contributed by atoms with E-state index >= 15 is 0 Å². The number of phosphoric ester groups is 1. The van der Waals surface area contributed by atoms with Crippen molar-refractivity contribution >= 4 is 13.7 Å². The first-order valence-electron chi connectivity index (χ1n) is 21.2. The zero-order valence-electron chi connectivity index (χ0n) is 34.7. The van der Waals surface area contributed by atoms with Crippen LogP contribution in [-0.4, -0.2) is 73.4 Å². The molecule has 0 heterocycles. The molecule has 0 bridgehead atoms. The van der Waals surface area contributed by atoms with Crippen molar-refractivity contribution in [3.63, 3.8) is 0 Å². The highest BCUT2D eigenvalue weighted by Gasteiger charge is 2.28. The summed E-state index contributed by atoms with van der Waals surface area (Å²) >= 11 is 0. The first-order chi connectivity index (χ1) is 25.5. The summed E-state index contributed by atoms with van der Waals surface area (Å²) in [6, 6.07) is -0.771. The minimum atomic E-state index is -4.32.